The Morgan fingerprint density at radius 1 is 1.31 bits per heavy atom. The van der Waals surface area contributed by atoms with Gasteiger partial charge in [-0.3, -0.25) is 14.6 Å². The summed E-state index contributed by atoms with van der Waals surface area (Å²) in [5.74, 6) is -0.229. The summed E-state index contributed by atoms with van der Waals surface area (Å²) in [5.41, 5.74) is 0.559. The van der Waals surface area contributed by atoms with Gasteiger partial charge in [0.1, 0.15) is 0 Å². The third-order valence-electron chi connectivity index (χ3n) is 5.75. The maximum absolute atomic E-state index is 13.2. The average molecular weight is 433 g/mol. The first-order chi connectivity index (χ1) is 13.3. The van der Waals surface area contributed by atoms with Gasteiger partial charge in [0.05, 0.1) is 12.1 Å². The lowest BCUT2D eigenvalue weighted by atomic mass is 9.88. The first-order valence-corrected chi connectivity index (χ1v) is 9.43. The highest BCUT2D eigenvalue weighted by molar-refractivity contribution is 5.85. The molecule has 29 heavy (non-hydrogen) atoms. The molecule has 2 fully saturated rings. The lowest BCUT2D eigenvalue weighted by Crippen LogP contribution is -2.44. The van der Waals surface area contributed by atoms with Crippen LogP contribution in [0.2, 0.25) is 0 Å². The number of rotatable bonds is 3. The molecule has 0 bridgehead atoms. The standard InChI is InChI=1S/C18H23F3N6O.ClH/c1-26-9-12(6-23-26)13-7-22-8-14(13)17(28)27-4-2-3-11(10-27)15-5-16(25-24-15)18(19,20)21;/h5-6,9,11,13-14,22H,2-4,7-8,10H2,1H3,(H,24,25);1H/t11?,13-,14+;/m1./s1. The number of piperidine rings is 1. The van der Waals surface area contributed by atoms with Crippen LogP contribution in [-0.4, -0.2) is 57.0 Å². The lowest BCUT2D eigenvalue weighted by Gasteiger charge is -2.34. The number of nitrogens with one attached hydrogen (secondary N) is 2. The van der Waals surface area contributed by atoms with E-state index >= 15 is 0 Å². The number of carbonyl (C=O) groups excluding carboxylic acids is 1. The van der Waals surface area contributed by atoms with Gasteiger partial charge in [0.15, 0.2) is 5.69 Å². The molecule has 160 valence electrons. The van der Waals surface area contributed by atoms with Crippen LogP contribution in [0.5, 0.6) is 0 Å². The van der Waals surface area contributed by atoms with E-state index in [0.717, 1.165) is 31.0 Å². The summed E-state index contributed by atoms with van der Waals surface area (Å²) in [5, 5.41) is 13.4. The van der Waals surface area contributed by atoms with E-state index in [2.05, 4.69) is 20.6 Å². The Bertz CT molecular complexity index is 851. The molecule has 3 atom stereocenters. The normalized spacial score (nSPS) is 25.1. The molecule has 2 aromatic heterocycles. The van der Waals surface area contributed by atoms with Gasteiger partial charge in [0, 0.05) is 57.0 Å². The third kappa shape index (κ3) is 4.42. The second-order valence-electron chi connectivity index (χ2n) is 7.65. The van der Waals surface area contributed by atoms with E-state index in [1.165, 1.54) is 0 Å². The first-order valence-electron chi connectivity index (χ1n) is 9.43. The molecule has 0 aromatic carbocycles. The quantitative estimate of drug-likeness (QED) is 0.780. The van der Waals surface area contributed by atoms with E-state index in [4.69, 9.17) is 0 Å². The second-order valence-corrected chi connectivity index (χ2v) is 7.65. The number of nitrogens with zero attached hydrogens (tertiary/aromatic N) is 4. The zero-order valence-electron chi connectivity index (χ0n) is 15.9. The number of halogens is 4. The molecular weight excluding hydrogens is 409 g/mol. The van der Waals surface area contributed by atoms with Crippen molar-refractivity contribution in [1.82, 2.24) is 30.2 Å². The Morgan fingerprint density at radius 3 is 2.76 bits per heavy atom. The molecule has 1 amide bonds. The van der Waals surface area contributed by atoms with Crippen molar-refractivity contribution < 1.29 is 18.0 Å². The van der Waals surface area contributed by atoms with E-state index in [1.54, 1.807) is 15.8 Å². The molecule has 0 radical (unpaired) electrons. The average Bonchev–Trinajstić information content (AvgIpc) is 3.40. The highest BCUT2D eigenvalue weighted by atomic mass is 35.5. The molecule has 1 unspecified atom stereocenters. The van der Waals surface area contributed by atoms with Crippen LogP contribution in [-0.2, 0) is 18.0 Å². The lowest BCUT2D eigenvalue weighted by molar-refractivity contribution is -0.141. The zero-order valence-corrected chi connectivity index (χ0v) is 16.8. The van der Waals surface area contributed by atoms with Crippen LogP contribution in [0.1, 0.15) is 41.6 Å². The van der Waals surface area contributed by atoms with Crippen LogP contribution in [0, 0.1) is 5.92 Å². The van der Waals surface area contributed by atoms with Crippen molar-refractivity contribution in [3.63, 3.8) is 0 Å². The molecule has 11 heteroatoms. The van der Waals surface area contributed by atoms with Crippen molar-refractivity contribution in [3.05, 3.63) is 35.4 Å². The minimum absolute atomic E-state index is 0. The fourth-order valence-electron chi connectivity index (χ4n) is 4.28. The van der Waals surface area contributed by atoms with E-state index < -0.39 is 11.9 Å². The Balaban J connectivity index is 0.00000240. The predicted molar refractivity (Wildman–Crippen MR) is 102 cm³/mol. The van der Waals surface area contributed by atoms with Crippen molar-refractivity contribution in [3.8, 4) is 0 Å². The van der Waals surface area contributed by atoms with Crippen molar-refractivity contribution in [2.75, 3.05) is 26.2 Å². The van der Waals surface area contributed by atoms with Gasteiger partial charge in [-0.1, -0.05) is 0 Å². The molecule has 0 aliphatic carbocycles. The number of carbonyl (C=O) groups is 1. The minimum Gasteiger partial charge on any atom is -0.342 e. The first kappa shape index (κ1) is 21.6. The van der Waals surface area contributed by atoms with Crippen molar-refractivity contribution in [2.24, 2.45) is 13.0 Å². The number of amides is 1. The van der Waals surface area contributed by atoms with Gasteiger partial charge in [0.25, 0.3) is 0 Å². The molecule has 2 saturated heterocycles. The molecule has 4 heterocycles. The van der Waals surface area contributed by atoms with Gasteiger partial charge in [-0.2, -0.15) is 23.4 Å². The van der Waals surface area contributed by atoms with Crippen molar-refractivity contribution in [1.29, 1.82) is 0 Å². The number of H-pyrrole nitrogens is 1. The van der Waals surface area contributed by atoms with Gasteiger partial charge in [-0.15, -0.1) is 12.4 Å². The van der Waals surface area contributed by atoms with Gasteiger partial charge < -0.3 is 10.2 Å². The van der Waals surface area contributed by atoms with Crippen LogP contribution in [0.25, 0.3) is 0 Å². The third-order valence-corrected chi connectivity index (χ3v) is 5.75. The maximum atomic E-state index is 13.2. The van der Waals surface area contributed by atoms with E-state index in [0.29, 0.717) is 25.3 Å². The number of likely N-dealkylation sites (tertiary alicyclic amines) is 1. The van der Waals surface area contributed by atoms with Gasteiger partial charge >= 0.3 is 6.18 Å². The Hall–Kier alpha value is -2.07. The molecule has 2 aliphatic heterocycles. The van der Waals surface area contributed by atoms with Crippen molar-refractivity contribution >= 4 is 18.3 Å². The minimum atomic E-state index is -4.47. The number of alkyl halides is 3. The largest absolute Gasteiger partial charge is 0.435 e. The van der Waals surface area contributed by atoms with Crippen LogP contribution < -0.4 is 5.32 Å². The Morgan fingerprint density at radius 2 is 2.10 bits per heavy atom. The fourth-order valence-corrected chi connectivity index (χ4v) is 4.28. The van der Waals surface area contributed by atoms with Crippen LogP contribution >= 0.6 is 12.4 Å². The summed E-state index contributed by atoms with van der Waals surface area (Å²) in [6.07, 6.45) is 0.749. The smallest absolute Gasteiger partial charge is 0.342 e. The molecule has 2 N–H and O–H groups in total. The Kier molecular flexibility index (Phi) is 6.23. The highest BCUT2D eigenvalue weighted by Crippen LogP contribution is 2.34. The van der Waals surface area contributed by atoms with Crippen LogP contribution in [0.4, 0.5) is 13.2 Å². The molecule has 4 rings (SSSR count). The molecule has 2 aromatic rings. The molecule has 0 spiro atoms. The summed E-state index contributed by atoms with van der Waals surface area (Å²) in [6, 6.07) is 1.06. The van der Waals surface area contributed by atoms with Crippen molar-refractivity contribution in [2.45, 2.75) is 30.9 Å². The highest BCUT2D eigenvalue weighted by Gasteiger charge is 2.39. The Labute approximate surface area is 172 Å². The summed E-state index contributed by atoms with van der Waals surface area (Å²) in [7, 11) is 1.84. The number of aromatic nitrogens is 4. The topological polar surface area (TPSA) is 78.8 Å². The van der Waals surface area contributed by atoms with E-state index in [1.807, 2.05) is 13.2 Å². The second kappa shape index (κ2) is 8.35. The van der Waals surface area contributed by atoms with Crippen LogP contribution in [0.3, 0.4) is 0 Å². The molecular formula is C18H24ClF3N6O. The summed E-state index contributed by atoms with van der Waals surface area (Å²) in [6.45, 7) is 2.36. The maximum Gasteiger partial charge on any atom is 0.435 e. The molecule has 0 saturated carbocycles. The number of aryl methyl sites for hydroxylation is 1. The number of aromatic amines is 1. The van der Waals surface area contributed by atoms with Crippen LogP contribution in [0.15, 0.2) is 18.5 Å². The van der Waals surface area contributed by atoms with Gasteiger partial charge in [-0.05, 0) is 24.5 Å². The van der Waals surface area contributed by atoms with Gasteiger partial charge in [0.2, 0.25) is 5.91 Å². The fraction of sp³-hybridized carbons (Fsp3) is 0.611. The zero-order chi connectivity index (χ0) is 19.9. The number of hydrogen-bond acceptors (Lipinski definition) is 4. The van der Waals surface area contributed by atoms with Gasteiger partial charge in [-0.25, -0.2) is 0 Å². The SMILES string of the molecule is Cl.Cn1cc([C@H]2CNC[C@@H]2C(=O)N2CCCC(c3cc(C(F)(F)F)n[nH]3)C2)cn1. The molecule has 7 nitrogen and oxygen atoms in total. The number of hydrogen-bond donors (Lipinski definition) is 2. The summed E-state index contributed by atoms with van der Waals surface area (Å²) >= 11 is 0. The van der Waals surface area contributed by atoms with E-state index in [-0.39, 0.29) is 36.1 Å². The van der Waals surface area contributed by atoms with E-state index in [9.17, 15) is 18.0 Å². The molecule has 2 aliphatic rings. The predicted octanol–water partition coefficient (Wildman–Crippen LogP) is 2.29. The summed E-state index contributed by atoms with van der Waals surface area (Å²) < 4.78 is 40.2. The summed E-state index contributed by atoms with van der Waals surface area (Å²) in [4.78, 5) is 15.0. The monoisotopic (exact) mass is 432 g/mol.